The van der Waals surface area contributed by atoms with Crippen molar-refractivity contribution in [2.45, 2.75) is 25.4 Å². The number of hydrogen-bond acceptors (Lipinski definition) is 4. The van der Waals surface area contributed by atoms with Gasteiger partial charge < -0.3 is 14.9 Å². The molecule has 1 atom stereocenters. The Hall–Kier alpha value is -0.840. The van der Waals surface area contributed by atoms with Gasteiger partial charge in [0.05, 0.1) is 19.4 Å². The van der Waals surface area contributed by atoms with Crippen molar-refractivity contribution in [3.05, 3.63) is 24.2 Å². The van der Waals surface area contributed by atoms with Crippen LogP contribution in [0.5, 0.6) is 0 Å². The molecule has 4 nitrogen and oxygen atoms in total. The van der Waals surface area contributed by atoms with Gasteiger partial charge in [-0.05, 0) is 38.6 Å². The van der Waals surface area contributed by atoms with Crippen molar-refractivity contribution in [1.82, 2.24) is 4.90 Å². The standard InChI is InChI=1S/C12H22N2O2/c1-14(9-12-6-4-8-16-12)11(10-15-2)5-3-7-13/h4,6,8,11H,3,5,7,9-10,13H2,1-2H3. The van der Waals surface area contributed by atoms with Gasteiger partial charge in [0.1, 0.15) is 5.76 Å². The number of methoxy groups -OCH3 is 1. The Balaban J connectivity index is 2.42. The maximum absolute atomic E-state index is 5.53. The Labute approximate surface area is 97.4 Å². The molecule has 0 radical (unpaired) electrons. The summed E-state index contributed by atoms with van der Waals surface area (Å²) in [5, 5.41) is 0. The van der Waals surface area contributed by atoms with Gasteiger partial charge in [-0.25, -0.2) is 0 Å². The van der Waals surface area contributed by atoms with Crippen LogP contribution >= 0.6 is 0 Å². The minimum atomic E-state index is 0.402. The van der Waals surface area contributed by atoms with Crippen LogP contribution in [-0.2, 0) is 11.3 Å². The first-order chi connectivity index (χ1) is 7.77. The fourth-order valence-electron chi connectivity index (χ4n) is 1.75. The minimum absolute atomic E-state index is 0.402. The normalized spacial score (nSPS) is 13.2. The van der Waals surface area contributed by atoms with E-state index >= 15 is 0 Å². The molecule has 16 heavy (non-hydrogen) atoms. The number of rotatable bonds is 8. The summed E-state index contributed by atoms with van der Waals surface area (Å²) in [5.74, 6) is 0.983. The van der Waals surface area contributed by atoms with E-state index in [1.807, 2.05) is 12.1 Å². The quantitative estimate of drug-likeness (QED) is 0.729. The van der Waals surface area contributed by atoms with Crippen molar-refractivity contribution in [3.8, 4) is 0 Å². The topological polar surface area (TPSA) is 51.6 Å². The summed E-state index contributed by atoms with van der Waals surface area (Å²) >= 11 is 0. The molecule has 0 spiro atoms. The van der Waals surface area contributed by atoms with E-state index in [1.165, 1.54) is 0 Å². The summed E-state index contributed by atoms with van der Waals surface area (Å²) in [6.45, 7) is 2.28. The Bertz CT molecular complexity index is 262. The van der Waals surface area contributed by atoms with E-state index in [1.54, 1.807) is 13.4 Å². The molecule has 1 rings (SSSR count). The van der Waals surface area contributed by atoms with Gasteiger partial charge in [0, 0.05) is 13.2 Å². The number of ether oxygens (including phenoxy) is 1. The van der Waals surface area contributed by atoms with Crippen LogP contribution in [0.15, 0.2) is 22.8 Å². The van der Waals surface area contributed by atoms with Crippen molar-refractivity contribution in [2.24, 2.45) is 5.73 Å². The molecule has 92 valence electrons. The number of hydrogen-bond donors (Lipinski definition) is 1. The van der Waals surface area contributed by atoms with Crippen molar-refractivity contribution in [3.63, 3.8) is 0 Å². The molecule has 1 aromatic rings. The molecule has 0 aliphatic carbocycles. The molecule has 0 aliphatic heterocycles. The molecule has 1 unspecified atom stereocenters. The molecule has 0 aliphatic rings. The molecule has 2 N–H and O–H groups in total. The lowest BCUT2D eigenvalue weighted by Gasteiger charge is -2.26. The first-order valence-corrected chi connectivity index (χ1v) is 5.69. The van der Waals surface area contributed by atoms with Crippen molar-refractivity contribution in [1.29, 1.82) is 0 Å². The number of likely N-dealkylation sites (N-methyl/N-ethyl adjacent to an activating group) is 1. The van der Waals surface area contributed by atoms with E-state index in [2.05, 4.69) is 11.9 Å². The SMILES string of the molecule is COCC(CCCN)N(C)Cc1ccco1. The lowest BCUT2D eigenvalue weighted by atomic mass is 10.1. The van der Waals surface area contributed by atoms with E-state index in [-0.39, 0.29) is 0 Å². The predicted molar refractivity (Wildman–Crippen MR) is 64.1 cm³/mol. The Morgan fingerprint density at radius 1 is 1.56 bits per heavy atom. The van der Waals surface area contributed by atoms with Crippen LogP contribution in [0, 0.1) is 0 Å². The molecular formula is C12H22N2O2. The van der Waals surface area contributed by atoms with E-state index in [4.69, 9.17) is 14.9 Å². The van der Waals surface area contributed by atoms with Crippen LogP contribution < -0.4 is 5.73 Å². The van der Waals surface area contributed by atoms with Gasteiger partial charge in [-0.2, -0.15) is 0 Å². The van der Waals surface area contributed by atoms with Crippen LogP contribution in [0.3, 0.4) is 0 Å². The average molecular weight is 226 g/mol. The first kappa shape index (κ1) is 13.2. The van der Waals surface area contributed by atoms with Crippen LogP contribution in [0.2, 0.25) is 0 Å². The third kappa shape index (κ3) is 4.35. The van der Waals surface area contributed by atoms with Crippen molar-refractivity contribution in [2.75, 3.05) is 27.3 Å². The second-order valence-electron chi connectivity index (χ2n) is 4.03. The fourth-order valence-corrected chi connectivity index (χ4v) is 1.75. The summed E-state index contributed by atoms with van der Waals surface area (Å²) in [6.07, 6.45) is 3.78. The maximum Gasteiger partial charge on any atom is 0.117 e. The zero-order valence-electron chi connectivity index (χ0n) is 10.2. The number of furan rings is 1. The minimum Gasteiger partial charge on any atom is -0.468 e. The monoisotopic (exact) mass is 226 g/mol. The van der Waals surface area contributed by atoms with Crippen molar-refractivity contribution < 1.29 is 9.15 Å². The molecule has 1 aromatic heterocycles. The predicted octanol–water partition coefficient (Wildman–Crippen LogP) is 1.47. The zero-order valence-corrected chi connectivity index (χ0v) is 10.2. The second kappa shape index (κ2) is 7.44. The van der Waals surface area contributed by atoms with Gasteiger partial charge in [-0.3, -0.25) is 4.90 Å². The highest BCUT2D eigenvalue weighted by atomic mass is 16.5. The van der Waals surface area contributed by atoms with E-state index in [9.17, 15) is 0 Å². The number of nitrogens with zero attached hydrogens (tertiary/aromatic N) is 1. The summed E-state index contributed by atoms with van der Waals surface area (Å²) in [5.41, 5.74) is 5.53. The molecular weight excluding hydrogens is 204 g/mol. The average Bonchev–Trinajstić information content (AvgIpc) is 2.76. The molecule has 4 heteroatoms. The van der Waals surface area contributed by atoms with E-state index < -0.39 is 0 Å². The highest BCUT2D eigenvalue weighted by Crippen LogP contribution is 2.10. The van der Waals surface area contributed by atoms with Crippen molar-refractivity contribution >= 4 is 0 Å². The van der Waals surface area contributed by atoms with Crippen LogP contribution in [0.4, 0.5) is 0 Å². The van der Waals surface area contributed by atoms with Gasteiger partial charge in [0.15, 0.2) is 0 Å². The molecule has 0 bridgehead atoms. The third-order valence-electron chi connectivity index (χ3n) is 2.71. The third-order valence-corrected chi connectivity index (χ3v) is 2.71. The fraction of sp³-hybridized carbons (Fsp3) is 0.667. The molecule has 0 aromatic carbocycles. The smallest absolute Gasteiger partial charge is 0.117 e. The zero-order chi connectivity index (χ0) is 11.8. The van der Waals surface area contributed by atoms with Gasteiger partial charge in [-0.1, -0.05) is 0 Å². The van der Waals surface area contributed by atoms with Crippen LogP contribution in [-0.4, -0.2) is 38.3 Å². The largest absolute Gasteiger partial charge is 0.468 e. The summed E-state index contributed by atoms with van der Waals surface area (Å²) in [7, 11) is 3.82. The van der Waals surface area contributed by atoms with Gasteiger partial charge in [0.2, 0.25) is 0 Å². The van der Waals surface area contributed by atoms with Gasteiger partial charge >= 0.3 is 0 Å². The molecule has 0 saturated heterocycles. The van der Waals surface area contributed by atoms with Gasteiger partial charge in [-0.15, -0.1) is 0 Å². The Morgan fingerprint density at radius 3 is 2.94 bits per heavy atom. The molecule has 1 heterocycles. The maximum atomic E-state index is 5.53. The van der Waals surface area contributed by atoms with E-state index in [0.717, 1.165) is 38.3 Å². The summed E-state index contributed by atoms with van der Waals surface area (Å²) in [4.78, 5) is 2.25. The lowest BCUT2D eigenvalue weighted by Crippen LogP contribution is -2.35. The van der Waals surface area contributed by atoms with Crippen LogP contribution in [0.25, 0.3) is 0 Å². The summed E-state index contributed by atoms with van der Waals surface area (Å²) in [6, 6.07) is 4.30. The highest BCUT2D eigenvalue weighted by Gasteiger charge is 2.15. The van der Waals surface area contributed by atoms with Crippen LogP contribution in [0.1, 0.15) is 18.6 Å². The lowest BCUT2D eigenvalue weighted by molar-refractivity contribution is 0.0922. The second-order valence-corrected chi connectivity index (χ2v) is 4.03. The molecule has 0 fully saturated rings. The highest BCUT2D eigenvalue weighted by molar-refractivity contribution is 4.98. The molecule has 0 saturated carbocycles. The van der Waals surface area contributed by atoms with Gasteiger partial charge in [0.25, 0.3) is 0 Å². The first-order valence-electron chi connectivity index (χ1n) is 5.69. The van der Waals surface area contributed by atoms with E-state index in [0.29, 0.717) is 6.04 Å². The Morgan fingerprint density at radius 2 is 2.38 bits per heavy atom. The Kier molecular flexibility index (Phi) is 6.15. The molecule has 0 amide bonds. The number of nitrogens with two attached hydrogens (primary N) is 1. The summed E-state index contributed by atoms with van der Waals surface area (Å²) < 4.78 is 10.6.